The Hall–Kier alpha value is -2.16. The molecule has 1 N–H and O–H groups in total. The summed E-state index contributed by atoms with van der Waals surface area (Å²) in [5.41, 5.74) is 1.99. The minimum absolute atomic E-state index is 0.447. The molecule has 0 amide bonds. The van der Waals surface area contributed by atoms with E-state index in [1.807, 2.05) is 24.3 Å². The molecule has 0 aliphatic carbocycles. The number of pyridine rings is 1. The molecular formula is C19H25NO2. The highest BCUT2D eigenvalue weighted by Gasteiger charge is 2.19. The first-order valence-electron chi connectivity index (χ1n) is 7.80. The molecule has 0 bridgehead atoms. The van der Waals surface area contributed by atoms with E-state index in [2.05, 4.69) is 31.0 Å². The lowest BCUT2D eigenvalue weighted by molar-refractivity contribution is -0.139. The summed E-state index contributed by atoms with van der Waals surface area (Å²) in [4.78, 5) is 15.2. The van der Waals surface area contributed by atoms with Crippen LogP contribution in [0.3, 0.4) is 0 Å². The van der Waals surface area contributed by atoms with Gasteiger partial charge < -0.3 is 5.11 Å². The molecular weight excluding hydrogens is 274 g/mol. The smallest absolute Gasteiger partial charge is 0.312 e. The lowest BCUT2D eigenvalue weighted by atomic mass is 9.97. The van der Waals surface area contributed by atoms with E-state index in [4.69, 9.17) is 5.11 Å². The van der Waals surface area contributed by atoms with Crippen LogP contribution in [0.2, 0.25) is 0 Å². The first-order chi connectivity index (χ1) is 10.6. The Morgan fingerprint density at radius 2 is 1.77 bits per heavy atom. The second kappa shape index (κ2) is 10.6. The van der Waals surface area contributed by atoms with Crippen LogP contribution in [0, 0.1) is 6.92 Å². The van der Waals surface area contributed by atoms with E-state index < -0.39 is 11.9 Å². The Morgan fingerprint density at radius 1 is 1.09 bits per heavy atom. The average Bonchev–Trinajstić information content (AvgIpc) is 2.53. The number of hydrogen-bond acceptors (Lipinski definition) is 2. The molecule has 1 atom stereocenters. The van der Waals surface area contributed by atoms with Crippen molar-refractivity contribution in [1.82, 2.24) is 4.98 Å². The molecule has 0 fully saturated rings. The zero-order valence-electron chi connectivity index (χ0n) is 13.4. The summed E-state index contributed by atoms with van der Waals surface area (Å²) < 4.78 is 0. The van der Waals surface area contributed by atoms with Crippen LogP contribution in [-0.2, 0) is 4.79 Å². The summed E-state index contributed by atoms with van der Waals surface area (Å²) in [5.74, 6) is -1.22. The summed E-state index contributed by atoms with van der Waals surface area (Å²) in [7, 11) is 0. The van der Waals surface area contributed by atoms with Crippen molar-refractivity contribution >= 4 is 5.97 Å². The normalized spacial score (nSPS) is 11.2. The molecule has 0 radical (unpaired) electrons. The van der Waals surface area contributed by atoms with Crippen LogP contribution in [-0.4, -0.2) is 16.1 Å². The molecule has 0 saturated carbocycles. The lowest BCUT2D eigenvalue weighted by Crippen LogP contribution is -2.12. The standard InChI is InChI=1S/C12H17NO2.C7H8/c1-2-3-4-7-10(12(14)15)11-8-5-6-9-13-11;1-7-5-3-2-4-6-7/h5-6,8-10H,2-4,7H2,1H3,(H,14,15);2-6H,1H3. The van der Waals surface area contributed by atoms with Crippen molar-refractivity contribution < 1.29 is 9.90 Å². The molecule has 2 rings (SSSR count). The number of aryl methyl sites for hydroxylation is 1. The third-order valence-electron chi connectivity index (χ3n) is 3.38. The van der Waals surface area contributed by atoms with Gasteiger partial charge in [-0.3, -0.25) is 9.78 Å². The van der Waals surface area contributed by atoms with E-state index in [0.717, 1.165) is 19.3 Å². The van der Waals surface area contributed by atoms with Crippen LogP contribution in [0.15, 0.2) is 54.7 Å². The van der Waals surface area contributed by atoms with Gasteiger partial charge in [-0.2, -0.15) is 0 Å². The summed E-state index contributed by atoms with van der Waals surface area (Å²) in [6.45, 7) is 4.19. The lowest BCUT2D eigenvalue weighted by Gasteiger charge is -2.10. The van der Waals surface area contributed by atoms with Gasteiger partial charge in [0.05, 0.1) is 11.6 Å². The maximum Gasteiger partial charge on any atom is 0.312 e. The summed E-state index contributed by atoms with van der Waals surface area (Å²) in [6, 6.07) is 15.7. The molecule has 1 aromatic heterocycles. The predicted octanol–water partition coefficient (Wildman–Crippen LogP) is 4.83. The van der Waals surface area contributed by atoms with E-state index in [9.17, 15) is 4.79 Å². The minimum atomic E-state index is -0.773. The maximum absolute atomic E-state index is 11.1. The van der Waals surface area contributed by atoms with Crippen molar-refractivity contribution in [2.45, 2.75) is 45.4 Å². The number of nitrogens with zero attached hydrogens (tertiary/aromatic N) is 1. The minimum Gasteiger partial charge on any atom is -0.481 e. The number of rotatable bonds is 6. The fourth-order valence-electron chi connectivity index (χ4n) is 2.11. The molecule has 3 heteroatoms. The number of carboxylic acid groups (broad SMARTS) is 1. The van der Waals surface area contributed by atoms with Crippen molar-refractivity contribution in [1.29, 1.82) is 0 Å². The zero-order chi connectivity index (χ0) is 16.2. The molecule has 22 heavy (non-hydrogen) atoms. The molecule has 1 unspecified atom stereocenters. The first-order valence-corrected chi connectivity index (χ1v) is 7.80. The topological polar surface area (TPSA) is 50.2 Å². The third kappa shape index (κ3) is 7.02. The van der Waals surface area contributed by atoms with Gasteiger partial charge in [0, 0.05) is 6.20 Å². The van der Waals surface area contributed by atoms with Crippen molar-refractivity contribution in [3.63, 3.8) is 0 Å². The van der Waals surface area contributed by atoms with Crippen LogP contribution >= 0.6 is 0 Å². The van der Waals surface area contributed by atoms with E-state index in [1.165, 1.54) is 5.56 Å². The molecule has 1 heterocycles. The van der Waals surface area contributed by atoms with Gasteiger partial charge in [0.1, 0.15) is 0 Å². The van der Waals surface area contributed by atoms with Crippen LogP contribution in [0.5, 0.6) is 0 Å². The second-order valence-corrected chi connectivity index (χ2v) is 5.30. The van der Waals surface area contributed by atoms with Gasteiger partial charge in [0.2, 0.25) is 0 Å². The number of benzene rings is 1. The Labute approximate surface area is 133 Å². The molecule has 0 saturated heterocycles. The van der Waals surface area contributed by atoms with E-state index >= 15 is 0 Å². The van der Waals surface area contributed by atoms with Crippen LogP contribution in [0.25, 0.3) is 0 Å². The molecule has 0 spiro atoms. The summed E-state index contributed by atoms with van der Waals surface area (Å²) in [6.07, 6.45) is 5.46. The van der Waals surface area contributed by atoms with Gasteiger partial charge in [-0.05, 0) is 25.5 Å². The SMILES string of the molecule is CCCCCC(C(=O)O)c1ccccn1.Cc1ccccc1. The highest BCUT2D eigenvalue weighted by Crippen LogP contribution is 2.20. The van der Waals surface area contributed by atoms with Crippen molar-refractivity contribution in [3.8, 4) is 0 Å². The van der Waals surface area contributed by atoms with Gasteiger partial charge in [-0.25, -0.2) is 0 Å². The second-order valence-electron chi connectivity index (χ2n) is 5.30. The molecule has 118 valence electrons. The van der Waals surface area contributed by atoms with E-state index in [0.29, 0.717) is 12.1 Å². The fraction of sp³-hybridized carbons (Fsp3) is 0.368. The Kier molecular flexibility index (Phi) is 8.58. The average molecular weight is 299 g/mol. The van der Waals surface area contributed by atoms with Gasteiger partial charge in [0.15, 0.2) is 0 Å². The molecule has 0 aliphatic rings. The quantitative estimate of drug-likeness (QED) is 0.778. The summed E-state index contributed by atoms with van der Waals surface area (Å²) >= 11 is 0. The van der Waals surface area contributed by atoms with E-state index in [1.54, 1.807) is 18.3 Å². The maximum atomic E-state index is 11.1. The number of carbonyl (C=O) groups is 1. The van der Waals surface area contributed by atoms with Crippen LogP contribution in [0.4, 0.5) is 0 Å². The van der Waals surface area contributed by atoms with Gasteiger partial charge in [-0.1, -0.05) is 68.1 Å². The van der Waals surface area contributed by atoms with Crippen molar-refractivity contribution in [2.24, 2.45) is 0 Å². The molecule has 1 aromatic carbocycles. The number of hydrogen-bond donors (Lipinski definition) is 1. The molecule has 2 aromatic rings. The first kappa shape index (κ1) is 17.9. The monoisotopic (exact) mass is 299 g/mol. The Balaban J connectivity index is 0.000000287. The Morgan fingerprint density at radius 3 is 2.23 bits per heavy atom. The van der Waals surface area contributed by atoms with Gasteiger partial charge in [0.25, 0.3) is 0 Å². The fourth-order valence-corrected chi connectivity index (χ4v) is 2.11. The number of unbranched alkanes of at least 4 members (excludes halogenated alkanes) is 2. The third-order valence-corrected chi connectivity index (χ3v) is 3.38. The van der Waals surface area contributed by atoms with Crippen molar-refractivity contribution in [2.75, 3.05) is 0 Å². The highest BCUT2D eigenvalue weighted by molar-refractivity contribution is 5.75. The van der Waals surface area contributed by atoms with E-state index in [-0.39, 0.29) is 0 Å². The number of carboxylic acids is 1. The van der Waals surface area contributed by atoms with Gasteiger partial charge >= 0.3 is 5.97 Å². The Bertz CT molecular complexity index is 526. The molecule has 3 nitrogen and oxygen atoms in total. The van der Waals surface area contributed by atoms with Crippen molar-refractivity contribution in [3.05, 3.63) is 66.0 Å². The number of aliphatic carboxylic acids is 1. The highest BCUT2D eigenvalue weighted by atomic mass is 16.4. The number of aromatic nitrogens is 1. The van der Waals surface area contributed by atoms with Crippen LogP contribution < -0.4 is 0 Å². The molecule has 0 aliphatic heterocycles. The van der Waals surface area contributed by atoms with Crippen LogP contribution in [0.1, 0.15) is 49.8 Å². The summed E-state index contributed by atoms with van der Waals surface area (Å²) in [5, 5.41) is 9.09. The largest absolute Gasteiger partial charge is 0.481 e. The van der Waals surface area contributed by atoms with Gasteiger partial charge in [-0.15, -0.1) is 0 Å². The zero-order valence-corrected chi connectivity index (χ0v) is 13.4. The predicted molar refractivity (Wildman–Crippen MR) is 89.9 cm³/mol.